The highest BCUT2D eigenvalue weighted by Gasteiger charge is 2.17. The largest absolute Gasteiger partial charge is 0.497 e. The number of amides is 1. The van der Waals surface area contributed by atoms with Gasteiger partial charge in [0.05, 0.1) is 35.0 Å². The molecule has 3 aromatic rings. The fraction of sp³-hybridized carbons (Fsp3) is 0.125. The first kappa shape index (κ1) is 20.8. The number of hydrogen-bond donors (Lipinski definition) is 1. The van der Waals surface area contributed by atoms with Gasteiger partial charge in [0.25, 0.3) is 0 Å². The lowest BCUT2D eigenvalue weighted by atomic mass is 10.1. The van der Waals surface area contributed by atoms with Gasteiger partial charge in [-0.2, -0.15) is 0 Å². The molecule has 5 nitrogen and oxygen atoms in total. The van der Waals surface area contributed by atoms with Crippen LogP contribution < -0.4 is 10.1 Å². The van der Waals surface area contributed by atoms with Crippen LogP contribution in [0.5, 0.6) is 5.75 Å². The first-order valence-electron chi connectivity index (χ1n) is 9.67. The number of methoxy groups -OCH3 is 1. The minimum absolute atomic E-state index is 0.140. The third-order valence-corrected chi connectivity index (χ3v) is 5.58. The van der Waals surface area contributed by atoms with Gasteiger partial charge in [-0.25, -0.2) is 9.38 Å². The second kappa shape index (κ2) is 9.57. The smallest absolute Gasteiger partial charge is 0.234 e. The van der Waals surface area contributed by atoms with Crippen LogP contribution in [0.15, 0.2) is 82.8 Å². The molecule has 7 heteroatoms. The van der Waals surface area contributed by atoms with Gasteiger partial charge in [0.15, 0.2) is 0 Å². The summed E-state index contributed by atoms with van der Waals surface area (Å²) in [5, 5.41) is 3.65. The Labute approximate surface area is 184 Å². The van der Waals surface area contributed by atoms with Crippen LogP contribution in [0.3, 0.4) is 0 Å². The maximum Gasteiger partial charge on any atom is 0.234 e. The van der Waals surface area contributed by atoms with E-state index in [1.165, 1.54) is 23.9 Å². The molecular formula is C24H20FN3O2S. The van der Waals surface area contributed by atoms with Gasteiger partial charge < -0.3 is 10.1 Å². The topological polar surface area (TPSA) is 63.0 Å². The molecule has 3 aromatic carbocycles. The van der Waals surface area contributed by atoms with Crippen molar-refractivity contribution in [2.45, 2.75) is 6.42 Å². The van der Waals surface area contributed by atoms with Crippen molar-refractivity contribution in [2.24, 2.45) is 9.98 Å². The molecule has 4 rings (SSSR count). The molecule has 31 heavy (non-hydrogen) atoms. The fourth-order valence-electron chi connectivity index (χ4n) is 3.09. The molecule has 1 N–H and O–H groups in total. The Balaban J connectivity index is 1.51. The molecule has 0 spiro atoms. The molecule has 0 bridgehead atoms. The van der Waals surface area contributed by atoms with E-state index in [1.807, 2.05) is 42.5 Å². The third-order valence-electron chi connectivity index (χ3n) is 4.60. The predicted molar refractivity (Wildman–Crippen MR) is 125 cm³/mol. The Bertz CT molecular complexity index is 1160. The number of nitrogens with one attached hydrogen (secondary N) is 1. The van der Waals surface area contributed by atoms with Gasteiger partial charge in [0, 0.05) is 18.2 Å². The summed E-state index contributed by atoms with van der Waals surface area (Å²) in [5.41, 5.74) is 3.77. The maximum absolute atomic E-state index is 13.4. The van der Waals surface area contributed by atoms with Crippen molar-refractivity contribution in [2.75, 3.05) is 18.2 Å². The van der Waals surface area contributed by atoms with Gasteiger partial charge in [-0.1, -0.05) is 30.3 Å². The summed E-state index contributed by atoms with van der Waals surface area (Å²) in [6.45, 7) is 0. The highest BCUT2D eigenvalue weighted by molar-refractivity contribution is 8.14. The Morgan fingerprint density at radius 2 is 1.77 bits per heavy atom. The molecule has 1 heterocycles. The predicted octanol–water partition coefficient (Wildman–Crippen LogP) is 5.76. The molecule has 0 saturated carbocycles. The number of fused-ring (bicyclic) bond motifs is 1. The van der Waals surface area contributed by atoms with E-state index in [0.29, 0.717) is 17.9 Å². The number of anilines is 1. The van der Waals surface area contributed by atoms with E-state index in [4.69, 9.17) is 14.7 Å². The van der Waals surface area contributed by atoms with Crippen molar-refractivity contribution in [3.05, 3.63) is 84.2 Å². The summed E-state index contributed by atoms with van der Waals surface area (Å²) in [6.07, 6.45) is 0.456. The lowest BCUT2D eigenvalue weighted by Crippen LogP contribution is -2.16. The van der Waals surface area contributed by atoms with E-state index < -0.39 is 0 Å². The van der Waals surface area contributed by atoms with Crippen LogP contribution in [-0.2, 0) is 4.79 Å². The van der Waals surface area contributed by atoms with Gasteiger partial charge >= 0.3 is 0 Å². The zero-order chi connectivity index (χ0) is 21.6. The molecular weight excluding hydrogens is 413 g/mol. The highest BCUT2D eigenvalue weighted by Crippen LogP contribution is 2.33. The van der Waals surface area contributed by atoms with Crippen LogP contribution in [0.4, 0.5) is 21.5 Å². The number of ether oxygens (including phenoxy) is 1. The van der Waals surface area contributed by atoms with Gasteiger partial charge in [0.2, 0.25) is 5.91 Å². The lowest BCUT2D eigenvalue weighted by molar-refractivity contribution is -0.113. The number of hydrogen-bond acceptors (Lipinski definition) is 5. The minimum atomic E-state index is -0.296. The molecule has 0 atom stereocenters. The monoisotopic (exact) mass is 433 g/mol. The molecule has 0 fully saturated rings. The molecule has 0 aliphatic carbocycles. The van der Waals surface area contributed by atoms with E-state index >= 15 is 0 Å². The number of nitrogens with zero attached hydrogens (tertiary/aromatic N) is 2. The molecule has 0 unspecified atom stereocenters. The van der Waals surface area contributed by atoms with Crippen molar-refractivity contribution in [1.29, 1.82) is 0 Å². The van der Waals surface area contributed by atoms with Crippen LogP contribution in [0, 0.1) is 5.82 Å². The number of para-hydroxylation sites is 2. The summed E-state index contributed by atoms with van der Waals surface area (Å²) >= 11 is 1.36. The SMILES string of the molecule is COc1cccc(NC(=O)CSC2=Nc3ccccc3N=C(c3ccc(F)cc3)C2)c1. The van der Waals surface area contributed by atoms with Crippen molar-refractivity contribution in [1.82, 2.24) is 0 Å². The van der Waals surface area contributed by atoms with Crippen molar-refractivity contribution >= 4 is 45.5 Å². The second-order valence-electron chi connectivity index (χ2n) is 6.81. The average molecular weight is 434 g/mol. The molecule has 1 amide bonds. The van der Waals surface area contributed by atoms with Crippen molar-refractivity contribution in [3.8, 4) is 5.75 Å². The molecule has 1 aliphatic heterocycles. The summed E-state index contributed by atoms with van der Waals surface area (Å²) in [6, 6.07) is 21.1. The van der Waals surface area contributed by atoms with E-state index in [-0.39, 0.29) is 17.5 Å². The quantitative estimate of drug-likeness (QED) is 0.556. The number of aliphatic imine (C=N–C) groups is 2. The number of halogens is 1. The molecule has 0 saturated heterocycles. The number of rotatable bonds is 5. The number of benzene rings is 3. The molecule has 156 valence electrons. The lowest BCUT2D eigenvalue weighted by Gasteiger charge is -2.09. The standard InChI is InChI=1S/C24H20FN3O2S/c1-30-19-6-4-5-18(13-19)26-23(29)15-31-24-14-22(16-9-11-17(25)12-10-16)27-20-7-2-3-8-21(20)28-24/h2-13H,14-15H2,1H3,(H,26,29). The first-order valence-corrected chi connectivity index (χ1v) is 10.7. The molecule has 0 aromatic heterocycles. The van der Waals surface area contributed by atoms with Crippen molar-refractivity contribution < 1.29 is 13.9 Å². The van der Waals surface area contributed by atoms with Crippen LogP contribution >= 0.6 is 11.8 Å². The van der Waals surface area contributed by atoms with Gasteiger partial charge in [-0.05, 0) is 42.0 Å². The zero-order valence-corrected chi connectivity index (χ0v) is 17.7. The van der Waals surface area contributed by atoms with Crippen LogP contribution in [-0.4, -0.2) is 29.5 Å². The molecule has 1 aliphatic rings. The van der Waals surface area contributed by atoms with Gasteiger partial charge in [-0.3, -0.25) is 9.79 Å². The number of carbonyl (C=O) groups is 1. The van der Waals surface area contributed by atoms with Crippen LogP contribution in [0.1, 0.15) is 12.0 Å². The fourth-order valence-corrected chi connectivity index (χ4v) is 3.87. The maximum atomic E-state index is 13.4. The summed E-state index contributed by atoms with van der Waals surface area (Å²) in [7, 11) is 1.58. The average Bonchev–Trinajstić information content (AvgIpc) is 2.97. The van der Waals surface area contributed by atoms with Crippen LogP contribution in [0.2, 0.25) is 0 Å². The Hall–Kier alpha value is -3.45. The van der Waals surface area contributed by atoms with E-state index in [9.17, 15) is 9.18 Å². The number of thioether (sulfide) groups is 1. The Morgan fingerprint density at radius 3 is 2.52 bits per heavy atom. The minimum Gasteiger partial charge on any atom is -0.497 e. The number of carbonyl (C=O) groups excluding carboxylic acids is 1. The Kier molecular flexibility index (Phi) is 6.43. The van der Waals surface area contributed by atoms with Gasteiger partial charge in [0.1, 0.15) is 11.6 Å². The van der Waals surface area contributed by atoms with E-state index in [0.717, 1.165) is 27.7 Å². The third kappa shape index (κ3) is 5.38. The van der Waals surface area contributed by atoms with Crippen molar-refractivity contribution in [3.63, 3.8) is 0 Å². The normalized spacial score (nSPS) is 12.8. The summed E-state index contributed by atoms with van der Waals surface area (Å²) in [4.78, 5) is 22.0. The zero-order valence-electron chi connectivity index (χ0n) is 16.8. The van der Waals surface area contributed by atoms with E-state index in [2.05, 4.69) is 5.32 Å². The second-order valence-corrected chi connectivity index (χ2v) is 7.85. The Morgan fingerprint density at radius 1 is 1.03 bits per heavy atom. The van der Waals surface area contributed by atoms with Crippen LogP contribution in [0.25, 0.3) is 0 Å². The van der Waals surface area contributed by atoms with E-state index in [1.54, 1.807) is 25.3 Å². The summed E-state index contributed by atoms with van der Waals surface area (Å²) < 4.78 is 18.6. The molecule has 0 radical (unpaired) electrons. The first-order chi connectivity index (χ1) is 15.1. The highest BCUT2D eigenvalue weighted by atomic mass is 32.2. The van der Waals surface area contributed by atoms with Gasteiger partial charge in [-0.15, -0.1) is 11.8 Å². The summed E-state index contributed by atoms with van der Waals surface area (Å²) in [5.74, 6) is 0.444.